The fourth-order valence-electron chi connectivity index (χ4n) is 3.90. The number of hydrogen-bond acceptors (Lipinski definition) is 5. The zero-order valence-electron chi connectivity index (χ0n) is 18.5. The molecule has 1 amide bonds. The summed E-state index contributed by atoms with van der Waals surface area (Å²) in [5.41, 5.74) is 1.22. The van der Waals surface area contributed by atoms with Crippen LogP contribution in [0, 0.1) is 0 Å². The van der Waals surface area contributed by atoms with Gasteiger partial charge < -0.3 is 14.4 Å². The zero-order chi connectivity index (χ0) is 22.6. The van der Waals surface area contributed by atoms with E-state index in [1.54, 1.807) is 31.2 Å². The Bertz CT molecular complexity index is 1040. The lowest BCUT2D eigenvalue weighted by molar-refractivity contribution is 0.0784. The first kappa shape index (κ1) is 23.1. The summed E-state index contributed by atoms with van der Waals surface area (Å²) in [7, 11) is 0.934. The Morgan fingerprint density at radius 3 is 2.58 bits per heavy atom. The minimum atomic E-state index is -3.78. The standard InChI is InChI=1S/C23H30N2O5S/c1-17-8-5-6-13-25(17)31(27,28)22-15-19(11-12-21(22)30-4)23(26)24(2)16-18-9-7-10-20(14-18)29-3/h7,9-12,14-15,17H,5-6,8,13,16H2,1-4H3. The Labute approximate surface area is 184 Å². The van der Waals surface area contributed by atoms with Crippen molar-refractivity contribution in [3.63, 3.8) is 0 Å². The number of ether oxygens (including phenoxy) is 2. The first-order valence-corrected chi connectivity index (χ1v) is 11.8. The zero-order valence-corrected chi connectivity index (χ0v) is 19.3. The van der Waals surface area contributed by atoms with Gasteiger partial charge in [-0.25, -0.2) is 8.42 Å². The summed E-state index contributed by atoms with van der Waals surface area (Å²) in [6.07, 6.45) is 2.66. The van der Waals surface area contributed by atoms with Crippen LogP contribution in [-0.2, 0) is 16.6 Å². The summed E-state index contributed by atoms with van der Waals surface area (Å²) < 4.78 is 38.9. The first-order chi connectivity index (χ1) is 14.8. The van der Waals surface area contributed by atoms with Crippen molar-refractivity contribution in [1.82, 2.24) is 9.21 Å². The van der Waals surface area contributed by atoms with Crippen molar-refractivity contribution >= 4 is 15.9 Å². The highest BCUT2D eigenvalue weighted by molar-refractivity contribution is 7.89. The van der Waals surface area contributed by atoms with Gasteiger partial charge in [0.2, 0.25) is 10.0 Å². The molecule has 3 rings (SSSR count). The highest BCUT2D eigenvalue weighted by atomic mass is 32.2. The Morgan fingerprint density at radius 2 is 1.90 bits per heavy atom. The van der Waals surface area contributed by atoms with Gasteiger partial charge in [-0.15, -0.1) is 0 Å². The average Bonchev–Trinajstić information content (AvgIpc) is 2.78. The molecule has 168 valence electrons. The minimum Gasteiger partial charge on any atom is -0.497 e. The van der Waals surface area contributed by atoms with E-state index in [4.69, 9.17) is 9.47 Å². The predicted molar refractivity (Wildman–Crippen MR) is 119 cm³/mol. The third kappa shape index (κ3) is 5.02. The maximum Gasteiger partial charge on any atom is 0.253 e. The van der Waals surface area contributed by atoms with Crippen LogP contribution < -0.4 is 9.47 Å². The van der Waals surface area contributed by atoms with Crippen LogP contribution in [0.5, 0.6) is 11.5 Å². The van der Waals surface area contributed by atoms with Gasteiger partial charge in [0.1, 0.15) is 16.4 Å². The van der Waals surface area contributed by atoms with Gasteiger partial charge in [0.05, 0.1) is 14.2 Å². The Hall–Kier alpha value is -2.58. The van der Waals surface area contributed by atoms with E-state index >= 15 is 0 Å². The topological polar surface area (TPSA) is 76.1 Å². The molecule has 1 heterocycles. The molecule has 1 aliphatic heterocycles. The quantitative estimate of drug-likeness (QED) is 0.650. The molecule has 0 saturated carbocycles. The molecule has 0 bridgehead atoms. The lowest BCUT2D eigenvalue weighted by Gasteiger charge is -2.32. The molecular weight excluding hydrogens is 416 g/mol. The minimum absolute atomic E-state index is 0.0318. The van der Waals surface area contributed by atoms with Crippen molar-refractivity contribution in [2.24, 2.45) is 0 Å². The van der Waals surface area contributed by atoms with Gasteiger partial charge >= 0.3 is 0 Å². The molecule has 8 heteroatoms. The van der Waals surface area contributed by atoms with Crippen LogP contribution in [0.25, 0.3) is 0 Å². The smallest absolute Gasteiger partial charge is 0.253 e. The number of carbonyl (C=O) groups is 1. The van der Waals surface area contributed by atoms with E-state index in [0.717, 1.165) is 24.8 Å². The first-order valence-electron chi connectivity index (χ1n) is 10.4. The van der Waals surface area contributed by atoms with E-state index in [2.05, 4.69) is 0 Å². The lowest BCUT2D eigenvalue weighted by Crippen LogP contribution is -2.42. The molecule has 1 atom stereocenters. The van der Waals surface area contributed by atoms with Crippen molar-refractivity contribution in [2.75, 3.05) is 27.8 Å². The second-order valence-electron chi connectivity index (χ2n) is 7.84. The number of nitrogens with zero attached hydrogens (tertiary/aromatic N) is 2. The molecule has 7 nitrogen and oxygen atoms in total. The molecule has 0 aromatic heterocycles. The van der Waals surface area contributed by atoms with E-state index < -0.39 is 10.0 Å². The molecule has 2 aromatic rings. The second-order valence-corrected chi connectivity index (χ2v) is 9.70. The van der Waals surface area contributed by atoms with Crippen LogP contribution in [0.15, 0.2) is 47.4 Å². The van der Waals surface area contributed by atoms with Gasteiger partial charge in [0, 0.05) is 31.7 Å². The third-order valence-electron chi connectivity index (χ3n) is 5.64. The van der Waals surface area contributed by atoms with E-state index in [-0.39, 0.29) is 22.6 Å². The number of hydrogen-bond donors (Lipinski definition) is 0. The predicted octanol–water partition coefficient (Wildman–Crippen LogP) is 3.54. The third-order valence-corrected chi connectivity index (χ3v) is 7.67. The normalized spacial score (nSPS) is 17.2. The average molecular weight is 447 g/mol. The van der Waals surface area contributed by atoms with E-state index in [1.807, 2.05) is 31.2 Å². The monoisotopic (exact) mass is 446 g/mol. The van der Waals surface area contributed by atoms with Crippen LogP contribution in [0.2, 0.25) is 0 Å². The van der Waals surface area contributed by atoms with Crippen molar-refractivity contribution in [3.8, 4) is 11.5 Å². The van der Waals surface area contributed by atoms with E-state index in [1.165, 1.54) is 17.5 Å². The summed E-state index contributed by atoms with van der Waals surface area (Å²) in [6.45, 7) is 2.76. The summed E-state index contributed by atoms with van der Waals surface area (Å²) in [4.78, 5) is 14.7. The Morgan fingerprint density at radius 1 is 1.13 bits per heavy atom. The molecule has 0 spiro atoms. The number of rotatable bonds is 7. The fraction of sp³-hybridized carbons (Fsp3) is 0.435. The molecule has 1 unspecified atom stereocenters. The number of methoxy groups -OCH3 is 2. The van der Waals surface area contributed by atoms with Crippen LogP contribution in [-0.4, -0.2) is 57.4 Å². The van der Waals surface area contributed by atoms with Crippen molar-refractivity contribution in [1.29, 1.82) is 0 Å². The summed E-state index contributed by atoms with van der Waals surface area (Å²) >= 11 is 0. The van der Waals surface area contributed by atoms with Crippen molar-refractivity contribution in [3.05, 3.63) is 53.6 Å². The Kier molecular flexibility index (Phi) is 7.23. The number of sulfonamides is 1. The highest BCUT2D eigenvalue weighted by Crippen LogP contribution is 2.32. The fourth-order valence-corrected chi connectivity index (χ4v) is 5.79. The van der Waals surface area contributed by atoms with Gasteiger partial charge in [0.15, 0.2) is 0 Å². The molecule has 0 N–H and O–H groups in total. The molecule has 1 saturated heterocycles. The largest absolute Gasteiger partial charge is 0.497 e. The molecule has 31 heavy (non-hydrogen) atoms. The van der Waals surface area contributed by atoms with Crippen LogP contribution in [0.1, 0.15) is 42.1 Å². The Balaban J connectivity index is 1.89. The summed E-state index contributed by atoms with van der Waals surface area (Å²) in [5, 5.41) is 0. The molecular formula is C23H30N2O5S. The summed E-state index contributed by atoms with van der Waals surface area (Å²) in [5.74, 6) is 0.685. The molecule has 2 aromatic carbocycles. The van der Waals surface area contributed by atoms with Crippen LogP contribution >= 0.6 is 0 Å². The van der Waals surface area contributed by atoms with E-state index in [9.17, 15) is 13.2 Å². The maximum atomic E-state index is 13.4. The number of piperidine rings is 1. The number of amides is 1. The highest BCUT2D eigenvalue weighted by Gasteiger charge is 2.33. The summed E-state index contributed by atoms with van der Waals surface area (Å²) in [6, 6.07) is 12.0. The van der Waals surface area contributed by atoms with Crippen LogP contribution in [0.3, 0.4) is 0 Å². The van der Waals surface area contributed by atoms with Gasteiger partial charge in [-0.1, -0.05) is 18.6 Å². The van der Waals surface area contributed by atoms with Crippen molar-refractivity contribution in [2.45, 2.75) is 43.7 Å². The second kappa shape index (κ2) is 9.70. The van der Waals surface area contributed by atoms with Gasteiger partial charge in [-0.3, -0.25) is 4.79 Å². The van der Waals surface area contributed by atoms with Gasteiger partial charge in [-0.2, -0.15) is 4.31 Å². The molecule has 1 aliphatic rings. The number of benzene rings is 2. The number of carbonyl (C=O) groups excluding carboxylic acids is 1. The maximum absolute atomic E-state index is 13.4. The molecule has 0 aliphatic carbocycles. The van der Waals surface area contributed by atoms with Crippen molar-refractivity contribution < 1.29 is 22.7 Å². The van der Waals surface area contributed by atoms with Gasteiger partial charge in [-0.05, 0) is 55.7 Å². The van der Waals surface area contributed by atoms with Crippen LogP contribution in [0.4, 0.5) is 0 Å². The SMILES string of the molecule is COc1cccc(CN(C)C(=O)c2ccc(OC)c(S(=O)(=O)N3CCCCC3C)c2)c1. The lowest BCUT2D eigenvalue weighted by atomic mass is 10.1. The van der Waals surface area contributed by atoms with Gasteiger partial charge in [0.25, 0.3) is 5.91 Å². The van der Waals surface area contributed by atoms with E-state index in [0.29, 0.717) is 24.4 Å². The molecule has 1 fully saturated rings. The molecule has 0 radical (unpaired) electrons.